The van der Waals surface area contributed by atoms with Crippen molar-refractivity contribution in [3.8, 4) is 0 Å². The van der Waals surface area contributed by atoms with E-state index < -0.39 is 0 Å². The Labute approximate surface area is 133 Å². The highest BCUT2D eigenvalue weighted by molar-refractivity contribution is 5.90. The van der Waals surface area contributed by atoms with E-state index in [2.05, 4.69) is 51.2 Å². The molecule has 2 N–H and O–H groups in total. The van der Waals surface area contributed by atoms with E-state index in [0.29, 0.717) is 6.54 Å². The molecule has 4 rings (SSSR count). The van der Waals surface area contributed by atoms with Crippen LogP contribution >= 0.6 is 0 Å². The van der Waals surface area contributed by atoms with Crippen LogP contribution in [0.1, 0.15) is 17.0 Å². The molecule has 0 spiro atoms. The molecule has 0 aliphatic rings. The second-order valence-corrected chi connectivity index (χ2v) is 5.70. The van der Waals surface area contributed by atoms with Crippen molar-refractivity contribution in [2.75, 3.05) is 5.32 Å². The van der Waals surface area contributed by atoms with Gasteiger partial charge in [0.1, 0.15) is 18.0 Å². The lowest BCUT2D eigenvalue weighted by molar-refractivity contribution is 0.997. The number of fused-ring (bicyclic) bond motifs is 2. The number of aryl methyl sites for hydroxylation is 2. The van der Waals surface area contributed by atoms with Gasteiger partial charge in [0, 0.05) is 5.39 Å². The fourth-order valence-electron chi connectivity index (χ4n) is 2.85. The van der Waals surface area contributed by atoms with Gasteiger partial charge in [0.15, 0.2) is 0 Å². The molecule has 5 nitrogen and oxygen atoms in total. The first-order chi connectivity index (χ1) is 11.2. The number of hydrogen-bond acceptors (Lipinski definition) is 4. The zero-order valence-electron chi connectivity index (χ0n) is 13.1. The molecule has 0 fully saturated rings. The highest BCUT2D eigenvalue weighted by Crippen LogP contribution is 2.22. The van der Waals surface area contributed by atoms with Crippen LogP contribution in [0.2, 0.25) is 0 Å². The topological polar surface area (TPSA) is 66.5 Å². The highest BCUT2D eigenvalue weighted by atomic mass is 15.1. The molecule has 0 radical (unpaired) electrons. The first-order valence-corrected chi connectivity index (χ1v) is 7.61. The van der Waals surface area contributed by atoms with Gasteiger partial charge in [-0.15, -0.1) is 0 Å². The molecule has 23 heavy (non-hydrogen) atoms. The van der Waals surface area contributed by atoms with Crippen molar-refractivity contribution in [1.29, 1.82) is 0 Å². The predicted octanol–water partition coefficient (Wildman–Crippen LogP) is 3.74. The third-order valence-electron chi connectivity index (χ3n) is 4.05. The Bertz CT molecular complexity index is 1000. The molecule has 114 valence electrons. The fraction of sp³-hybridized carbons (Fsp3) is 0.167. The number of aromatic nitrogens is 4. The predicted molar refractivity (Wildman–Crippen MR) is 92.4 cm³/mol. The zero-order chi connectivity index (χ0) is 15.8. The molecule has 2 aromatic carbocycles. The van der Waals surface area contributed by atoms with Crippen molar-refractivity contribution in [1.82, 2.24) is 19.9 Å². The molecule has 0 unspecified atom stereocenters. The summed E-state index contributed by atoms with van der Waals surface area (Å²) >= 11 is 0. The Morgan fingerprint density at radius 1 is 0.957 bits per heavy atom. The Hall–Kier alpha value is -2.95. The molecule has 0 bridgehead atoms. The molecular weight excluding hydrogens is 286 g/mol. The quantitative estimate of drug-likeness (QED) is 0.605. The molecular formula is C18H17N5. The van der Waals surface area contributed by atoms with Gasteiger partial charge in [0.25, 0.3) is 0 Å². The number of hydrogen-bond donors (Lipinski definition) is 2. The van der Waals surface area contributed by atoms with Crippen molar-refractivity contribution in [3.63, 3.8) is 0 Å². The maximum Gasteiger partial charge on any atom is 0.137 e. The van der Waals surface area contributed by atoms with Crippen molar-refractivity contribution in [2.45, 2.75) is 20.4 Å². The zero-order valence-corrected chi connectivity index (χ0v) is 13.1. The van der Waals surface area contributed by atoms with Crippen LogP contribution in [-0.4, -0.2) is 19.9 Å². The summed E-state index contributed by atoms with van der Waals surface area (Å²) in [6, 6.07) is 12.3. The van der Waals surface area contributed by atoms with Gasteiger partial charge in [-0.2, -0.15) is 0 Å². The van der Waals surface area contributed by atoms with Crippen LogP contribution in [-0.2, 0) is 6.54 Å². The molecule has 0 amide bonds. The average molecular weight is 303 g/mol. The van der Waals surface area contributed by atoms with Crippen LogP contribution in [0.25, 0.3) is 21.9 Å². The monoisotopic (exact) mass is 303 g/mol. The van der Waals surface area contributed by atoms with Gasteiger partial charge in [-0.05, 0) is 37.1 Å². The average Bonchev–Trinajstić information content (AvgIpc) is 2.98. The van der Waals surface area contributed by atoms with E-state index in [1.54, 1.807) is 6.33 Å². The van der Waals surface area contributed by atoms with Gasteiger partial charge in [0.05, 0.1) is 23.1 Å². The van der Waals surface area contributed by atoms with E-state index in [4.69, 9.17) is 0 Å². The number of anilines is 1. The number of benzene rings is 2. The van der Waals surface area contributed by atoms with Gasteiger partial charge in [-0.1, -0.05) is 24.3 Å². The molecule has 0 aliphatic heterocycles. The van der Waals surface area contributed by atoms with Gasteiger partial charge in [-0.25, -0.2) is 15.0 Å². The summed E-state index contributed by atoms with van der Waals surface area (Å²) < 4.78 is 0. The molecule has 2 heterocycles. The van der Waals surface area contributed by atoms with Gasteiger partial charge >= 0.3 is 0 Å². The van der Waals surface area contributed by atoms with E-state index in [0.717, 1.165) is 39.1 Å². The summed E-state index contributed by atoms with van der Waals surface area (Å²) in [5.41, 5.74) is 5.38. The Morgan fingerprint density at radius 3 is 2.57 bits per heavy atom. The summed E-state index contributed by atoms with van der Waals surface area (Å²) in [7, 11) is 0. The van der Waals surface area contributed by atoms with Crippen LogP contribution in [0.4, 0.5) is 5.82 Å². The van der Waals surface area contributed by atoms with Crippen LogP contribution in [0, 0.1) is 13.8 Å². The van der Waals surface area contributed by atoms with E-state index in [1.807, 2.05) is 24.3 Å². The van der Waals surface area contributed by atoms with Crippen LogP contribution in [0.3, 0.4) is 0 Å². The van der Waals surface area contributed by atoms with Crippen molar-refractivity contribution in [2.24, 2.45) is 0 Å². The van der Waals surface area contributed by atoms with Gasteiger partial charge in [-0.3, -0.25) is 0 Å². The van der Waals surface area contributed by atoms with Gasteiger partial charge in [0.2, 0.25) is 0 Å². The minimum atomic E-state index is 0.591. The minimum Gasteiger partial charge on any atom is -0.362 e. The lowest BCUT2D eigenvalue weighted by Crippen LogP contribution is -2.04. The van der Waals surface area contributed by atoms with Gasteiger partial charge < -0.3 is 10.3 Å². The second-order valence-electron chi connectivity index (χ2n) is 5.70. The number of para-hydroxylation sites is 2. The number of H-pyrrole nitrogens is 1. The van der Waals surface area contributed by atoms with E-state index in [-0.39, 0.29) is 0 Å². The van der Waals surface area contributed by atoms with Crippen molar-refractivity contribution < 1.29 is 0 Å². The summed E-state index contributed by atoms with van der Waals surface area (Å²) in [5.74, 6) is 1.73. The third-order valence-corrected chi connectivity index (χ3v) is 4.05. The van der Waals surface area contributed by atoms with E-state index in [9.17, 15) is 0 Å². The summed E-state index contributed by atoms with van der Waals surface area (Å²) in [6.45, 7) is 4.72. The first-order valence-electron chi connectivity index (χ1n) is 7.61. The fourth-order valence-corrected chi connectivity index (χ4v) is 2.85. The van der Waals surface area contributed by atoms with Crippen LogP contribution < -0.4 is 5.32 Å². The number of nitrogens with one attached hydrogen (secondary N) is 2. The number of imidazole rings is 1. The first kappa shape index (κ1) is 13.7. The van der Waals surface area contributed by atoms with Crippen LogP contribution in [0.15, 0.2) is 42.7 Å². The highest BCUT2D eigenvalue weighted by Gasteiger charge is 2.08. The molecule has 0 aliphatic carbocycles. The molecule has 0 saturated heterocycles. The summed E-state index contributed by atoms with van der Waals surface area (Å²) in [5, 5.41) is 4.39. The maximum atomic E-state index is 4.66. The second kappa shape index (κ2) is 5.35. The standard InChI is InChI=1S/C18H17N5/c1-11-5-3-7-13-16(11)20-10-21-18(13)19-9-15-22-14-8-4-6-12(2)17(14)23-15/h3-8,10H,9H2,1-2H3,(H,22,23)(H,19,20,21). The minimum absolute atomic E-state index is 0.591. The Kier molecular flexibility index (Phi) is 3.19. The molecule has 0 atom stereocenters. The maximum absolute atomic E-state index is 4.66. The lowest BCUT2D eigenvalue weighted by atomic mass is 10.1. The smallest absolute Gasteiger partial charge is 0.137 e. The normalized spacial score (nSPS) is 11.2. The number of aromatic amines is 1. The van der Waals surface area contributed by atoms with Crippen molar-refractivity contribution >= 4 is 27.8 Å². The lowest BCUT2D eigenvalue weighted by Gasteiger charge is -2.08. The number of rotatable bonds is 3. The molecule has 5 heteroatoms. The van der Waals surface area contributed by atoms with Crippen molar-refractivity contribution in [3.05, 3.63) is 59.7 Å². The Balaban J connectivity index is 1.66. The Morgan fingerprint density at radius 2 is 1.74 bits per heavy atom. The van der Waals surface area contributed by atoms with E-state index >= 15 is 0 Å². The SMILES string of the molecule is Cc1cccc2[nH]c(CNc3ncnc4c(C)cccc34)nc12. The summed E-state index contributed by atoms with van der Waals surface area (Å²) in [4.78, 5) is 16.8. The molecule has 2 aromatic heterocycles. The largest absolute Gasteiger partial charge is 0.362 e. The molecule has 0 saturated carbocycles. The molecule has 4 aromatic rings. The number of nitrogens with zero attached hydrogens (tertiary/aromatic N) is 3. The van der Waals surface area contributed by atoms with E-state index in [1.165, 1.54) is 5.56 Å². The summed E-state index contributed by atoms with van der Waals surface area (Å²) in [6.07, 6.45) is 1.60. The third kappa shape index (κ3) is 2.40. The van der Waals surface area contributed by atoms with Crippen LogP contribution in [0.5, 0.6) is 0 Å².